The van der Waals surface area contributed by atoms with Gasteiger partial charge in [-0.2, -0.15) is 0 Å². The summed E-state index contributed by atoms with van der Waals surface area (Å²) in [6.07, 6.45) is 2.11. The molecule has 2 aromatic rings. The number of benzene rings is 2. The van der Waals surface area contributed by atoms with Gasteiger partial charge in [0, 0.05) is 30.0 Å². The van der Waals surface area contributed by atoms with Crippen molar-refractivity contribution >= 4 is 23.3 Å². The molecule has 0 atom stereocenters. The number of anilines is 2. The smallest absolute Gasteiger partial charge is 0.321 e. The Bertz CT molecular complexity index is 694. The summed E-state index contributed by atoms with van der Waals surface area (Å²) in [4.78, 5) is 26.0. The van der Waals surface area contributed by atoms with Gasteiger partial charge in [0.2, 0.25) is 0 Å². The summed E-state index contributed by atoms with van der Waals surface area (Å²) in [6.45, 7) is 1.60. The molecule has 1 saturated heterocycles. The average Bonchev–Trinajstić information content (AvgIpc) is 3.10. The minimum absolute atomic E-state index is 0.0889. The van der Waals surface area contributed by atoms with Crippen molar-refractivity contribution in [2.24, 2.45) is 0 Å². The van der Waals surface area contributed by atoms with Crippen LogP contribution in [0.2, 0.25) is 0 Å². The molecule has 3 amide bonds. The van der Waals surface area contributed by atoms with E-state index >= 15 is 0 Å². The molecule has 5 nitrogen and oxygen atoms in total. The van der Waals surface area contributed by atoms with Gasteiger partial charge in [-0.05, 0) is 43.2 Å². The predicted molar refractivity (Wildman–Crippen MR) is 90.7 cm³/mol. The maximum atomic E-state index is 12.2. The van der Waals surface area contributed by atoms with E-state index in [0.29, 0.717) is 16.9 Å². The largest absolute Gasteiger partial charge is 0.325 e. The first kappa shape index (κ1) is 15.1. The highest BCUT2D eigenvalue weighted by Gasteiger charge is 2.17. The fraction of sp³-hybridized carbons (Fsp3) is 0.222. The van der Waals surface area contributed by atoms with Crippen molar-refractivity contribution in [3.05, 3.63) is 60.2 Å². The molecule has 0 bridgehead atoms. The Labute approximate surface area is 135 Å². The molecular formula is C18H19N3O2. The van der Waals surface area contributed by atoms with Gasteiger partial charge >= 0.3 is 6.03 Å². The van der Waals surface area contributed by atoms with Crippen molar-refractivity contribution in [1.82, 2.24) is 4.90 Å². The van der Waals surface area contributed by atoms with Crippen LogP contribution in [-0.2, 0) is 0 Å². The van der Waals surface area contributed by atoms with E-state index in [4.69, 9.17) is 0 Å². The molecule has 0 saturated carbocycles. The first-order chi connectivity index (χ1) is 11.2. The Hall–Kier alpha value is -2.82. The zero-order valence-electron chi connectivity index (χ0n) is 12.8. The number of carbonyl (C=O) groups is 2. The number of nitrogens with zero attached hydrogens (tertiary/aromatic N) is 1. The minimum atomic E-state index is -0.173. The van der Waals surface area contributed by atoms with Crippen LogP contribution in [0.3, 0.4) is 0 Å². The van der Waals surface area contributed by atoms with E-state index < -0.39 is 0 Å². The van der Waals surface area contributed by atoms with Gasteiger partial charge in [-0.3, -0.25) is 4.79 Å². The molecule has 1 heterocycles. The molecule has 2 aromatic carbocycles. The number of nitrogens with one attached hydrogen (secondary N) is 2. The maximum Gasteiger partial charge on any atom is 0.321 e. The summed E-state index contributed by atoms with van der Waals surface area (Å²) >= 11 is 0. The van der Waals surface area contributed by atoms with Gasteiger partial charge in [0.05, 0.1) is 0 Å². The van der Waals surface area contributed by atoms with Gasteiger partial charge in [-0.1, -0.05) is 24.3 Å². The lowest BCUT2D eigenvalue weighted by molar-refractivity contribution is 0.102. The molecule has 118 valence electrons. The molecule has 1 fully saturated rings. The van der Waals surface area contributed by atoms with E-state index in [9.17, 15) is 9.59 Å². The van der Waals surface area contributed by atoms with Crippen LogP contribution in [0.25, 0.3) is 0 Å². The number of hydrogen-bond acceptors (Lipinski definition) is 2. The maximum absolute atomic E-state index is 12.2. The highest BCUT2D eigenvalue weighted by Crippen LogP contribution is 2.17. The Morgan fingerprint density at radius 2 is 1.48 bits per heavy atom. The van der Waals surface area contributed by atoms with Crippen molar-refractivity contribution in [2.45, 2.75) is 12.8 Å². The third-order valence-corrected chi connectivity index (χ3v) is 3.80. The van der Waals surface area contributed by atoms with Gasteiger partial charge in [-0.25, -0.2) is 4.79 Å². The van der Waals surface area contributed by atoms with Gasteiger partial charge in [0.15, 0.2) is 0 Å². The van der Waals surface area contributed by atoms with Crippen LogP contribution in [0.1, 0.15) is 23.2 Å². The fourth-order valence-electron chi connectivity index (χ4n) is 2.59. The van der Waals surface area contributed by atoms with Crippen LogP contribution < -0.4 is 10.6 Å². The van der Waals surface area contributed by atoms with Crippen LogP contribution in [0.4, 0.5) is 16.2 Å². The number of likely N-dealkylation sites (tertiary alicyclic amines) is 1. The summed E-state index contributed by atoms with van der Waals surface area (Å²) < 4.78 is 0. The van der Waals surface area contributed by atoms with Crippen LogP contribution in [0, 0.1) is 0 Å². The second-order valence-corrected chi connectivity index (χ2v) is 5.53. The SMILES string of the molecule is O=C(Nc1cccc(NC(=O)N2CCCC2)c1)c1ccccc1. The first-order valence-corrected chi connectivity index (χ1v) is 7.75. The third kappa shape index (κ3) is 3.88. The summed E-state index contributed by atoms with van der Waals surface area (Å²) in [5.41, 5.74) is 1.92. The normalized spacial score (nSPS) is 13.7. The lowest BCUT2D eigenvalue weighted by Gasteiger charge is -2.16. The van der Waals surface area contributed by atoms with Crippen LogP contribution in [0.5, 0.6) is 0 Å². The second kappa shape index (κ2) is 6.96. The molecule has 2 N–H and O–H groups in total. The van der Waals surface area contributed by atoms with E-state index in [1.165, 1.54) is 0 Å². The van der Waals surface area contributed by atoms with Crippen LogP contribution in [-0.4, -0.2) is 29.9 Å². The lowest BCUT2D eigenvalue weighted by atomic mass is 10.2. The van der Waals surface area contributed by atoms with Crippen molar-refractivity contribution < 1.29 is 9.59 Å². The number of hydrogen-bond donors (Lipinski definition) is 2. The van der Waals surface area contributed by atoms with Gasteiger partial charge in [0.1, 0.15) is 0 Å². The first-order valence-electron chi connectivity index (χ1n) is 7.75. The minimum Gasteiger partial charge on any atom is -0.325 e. The zero-order valence-corrected chi connectivity index (χ0v) is 12.8. The number of rotatable bonds is 3. The highest BCUT2D eigenvalue weighted by molar-refractivity contribution is 6.04. The zero-order chi connectivity index (χ0) is 16.1. The molecular weight excluding hydrogens is 290 g/mol. The van der Waals surface area contributed by atoms with Crippen molar-refractivity contribution in [1.29, 1.82) is 0 Å². The Morgan fingerprint density at radius 1 is 0.826 bits per heavy atom. The topological polar surface area (TPSA) is 61.4 Å². The third-order valence-electron chi connectivity index (χ3n) is 3.80. The van der Waals surface area contributed by atoms with Crippen LogP contribution >= 0.6 is 0 Å². The standard InChI is InChI=1S/C18H19N3O2/c22-17(14-7-2-1-3-8-14)19-15-9-6-10-16(13-15)20-18(23)21-11-4-5-12-21/h1-3,6-10,13H,4-5,11-12H2,(H,19,22)(H,20,23). The van der Waals surface area contributed by atoms with E-state index in [1.54, 1.807) is 35.2 Å². The molecule has 0 spiro atoms. The van der Waals surface area contributed by atoms with Crippen molar-refractivity contribution in [3.63, 3.8) is 0 Å². The van der Waals surface area contributed by atoms with E-state index in [1.807, 2.05) is 24.3 Å². The summed E-state index contributed by atoms with van der Waals surface area (Å²) in [7, 11) is 0. The molecule has 1 aliphatic heterocycles. The molecule has 0 radical (unpaired) electrons. The predicted octanol–water partition coefficient (Wildman–Crippen LogP) is 3.57. The van der Waals surface area contributed by atoms with Crippen molar-refractivity contribution in [2.75, 3.05) is 23.7 Å². The summed E-state index contributed by atoms with van der Waals surface area (Å²) in [5, 5.41) is 5.71. The second-order valence-electron chi connectivity index (χ2n) is 5.53. The quantitative estimate of drug-likeness (QED) is 0.910. The molecule has 0 aliphatic carbocycles. The summed E-state index contributed by atoms with van der Waals surface area (Å²) in [6, 6.07) is 16.1. The van der Waals surface area contributed by atoms with E-state index in [2.05, 4.69) is 10.6 Å². The summed E-state index contributed by atoms with van der Waals surface area (Å²) in [5.74, 6) is -0.173. The monoisotopic (exact) mass is 309 g/mol. The van der Waals surface area contributed by atoms with Gasteiger partial charge in [0.25, 0.3) is 5.91 Å². The molecule has 3 rings (SSSR count). The fourth-order valence-corrected chi connectivity index (χ4v) is 2.59. The van der Waals surface area contributed by atoms with Gasteiger partial charge in [-0.15, -0.1) is 0 Å². The Kier molecular flexibility index (Phi) is 4.57. The average molecular weight is 309 g/mol. The Morgan fingerprint density at radius 3 is 2.17 bits per heavy atom. The van der Waals surface area contributed by atoms with E-state index in [-0.39, 0.29) is 11.9 Å². The molecule has 5 heteroatoms. The van der Waals surface area contributed by atoms with Crippen LogP contribution in [0.15, 0.2) is 54.6 Å². The van der Waals surface area contributed by atoms with Crippen molar-refractivity contribution in [3.8, 4) is 0 Å². The van der Waals surface area contributed by atoms with Gasteiger partial charge < -0.3 is 15.5 Å². The number of carbonyl (C=O) groups excluding carboxylic acids is 2. The Balaban J connectivity index is 1.65. The number of urea groups is 1. The lowest BCUT2D eigenvalue weighted by Crippen LogP contribution is -2.32. The molecule has 0 unspecified atom stereocenters. The molecule has 1 aliphatic rings. The molecule has 23 heavy (non-hydrogen) atoms. The highest BCUT2D eigenvalue weighted by atomic mass is 16.2. The van der Waals surface area contributed by atoms with E-state index in [0.717, 1.165) is 25.9 Å². The number of amides is 3. The molecule has 0 aromatic heterocycles.